The maximum Gasteiger partial charge on any atom is 0.416 e. The van der Waals surface area contributed by atoms with E-state index in [1.807, 2.05) is 0 Å². The Morgan fingerprint density at radius 3 is 2.11 bits per heavy atom. The van der Waals surface area contributed by atoms with Crippen LogP contribution < -0.4 is 0 Å². The van der Waals surface area contributed by atoms with Crippen LogP contribution in [-0.2, 0) is 18.9 Å². The molecule has 0 N–H and O–H groups in total. The highest BCUT2D eigenvalue weighted by Crippen LogP contribution is 2.37. The number of imidazole rings is 1. The van der Waals surface area contributed by atoms with Gasteiger partial charge in [0.1, 0.15) is 17.2 Å². The third-order valence-electron chi connectivity index (χ3n) is 5.26. The van der Waals surface area contributed by atoms with Crippen LogP contribution in [0.2, 0.25) is 0 Å². The van der Waals surface area contributed by atoms with Crippen molar-refractivity contribution in [2.75, 3.05) is 0 Å². The Morgan fingerprint density at radius 2 is 1.44 bits per heavy atom. The van der Waals surface area contributed by atoms with Crippen LogP contribution >= 0.6 is 0 Å². The van der Waals surface area contributed by atoms with Gasteiger partial charge in [0.25, 0.3) is 0 Å². The first kappa shape index (κ1) is 23.5. The number of hydrogen-bond acceptors (Lipinski definition) is 4. The molecule has 2 aliphatic heterocycles. The van der Waals surface area contributed by atoms with E-state index in [-0.39, 0.29) is 29.7 Å². The van der Waals surface area contributed by atoms with Gasteiger partial charge in [0, 0.05) is 12.4 Å². The molecule has 2 aliphatic rings. The number of hydrogen-bond donors (Lipinski definition) is 0. The summed E-state index contributed by atoms with van der Waals surface area (Å²) in [5.41, 5.74) is -1.88. The number of rotatable bonds is 4. The van der Waals surface area contributed by atoms with Gasteiger partial charge in [0.05, 0.1) is 40.8 Å². The maximum absolute atomic E-state index is 14.1. The second kappa shape index (κ2) is 8.43. The van der Waals surface area contributed by atoms with E-state index < -0.39 is 35.0 Å². The van der Waals surface area contributed by atoms with E-state index >= 15 is 0 Å². The van der Waals surface area contributed by atoms with Crippen molar-refractivity contribution in [2.24, 2.45) is 0 Å². The molecule has 0 radical (unpaired) electrons. The van der Waals surface area contributed by atoms with E-state index in [2.05, 4.69) is 20.3 Å². The van der Waals surface area contributed by atoms with Crippen LogP contribution in [-0.4, -0.2) is 29.5 Å². The van der Waals surface area contributed by atoms with Gasteiger partial charge < -0.3 is 4.57 Å². The Balaban J connectivity index is 1.43. The minimum atomic E-state index is -4.98. The van der Waals surface area contributed by atoms with Gasteiger partial charge in [-0.25, -0.2) is 19.0 Å². The summed E-state index contributed by atoms with van der Waals surface area (Å²) in [7, 11) is 0. The molecule has 0 unspecified atom stereocenters. The van der Waals surface area contributed by atoms with Gasteiger partial charge in [0.2, 0.25) is 0 Å². The number of nitrogens with zero attached hydrogens (tertiary/aromatic N) is 6. The molecule has 3 heterocycles. The summed E-state index contributed by atoms with van der Waals surface area (Å²) in [5.74, 6) is -0.266. The van der Waals surface area contributed by atoms with Gasteiger partial charge in [-0.2, -0.15) is 26.3 Å². The molecule has 0 aliphatic carbocycles. The fraction of sp³-hybridized carbons (Fsp3) is 0.130. The maximum atomic E-state index is 14.1. The summed E-state index contributed by atoms with van der Waals surface area (Å²) in [4.78, 5) is 8.65. The zero-order valence-corrected chi connectivity index (χ0v) is 17.9. The predicted octanol–water partition coefficient (Wildman–Crippen LogP) is 5.86. The molecule has 0 amide bonds. The van der Waals surface area contributed by atoms with Crippen molar-refractivity contribution in [3.63, 3.8) is 0 Å². The van der Waals surface area contributed by atoms with Crippen molar-refractivity contribution < 1.29 is 30.7 Å². The molecule has 0 bridgehead atoms. The number of halogens is 7. The fourth-order valence-corrected chi connectivity index (χ4v) is 3.57. The lowest BCUT2D eigenvalue weighted by molar-refractivity contribution is -0.143. The molecule has 1 aromatic heterocycles. The summed E-state index contributed by atoms with van der Waals surface area (Å²) in [6.07, 6.45) is -5.49. The van der Waals surface area contributed by atoms with Crippen molar-refractivity contribution in [1.29, 1.82) is 0 Å². The Kier molecular flexibility index (Phi) is 5.49. The van der Waals surface area contributed by atoms with Crippen LogP contribution in [0.15, 0.2) is 67.1 Å². The molecule has 36 heavy (non-hydrogen) atoms. The Morgan fingerprint density at radius 1 is 0.778 bits per heavy atom. The molecule has 3 aromatic rings. The second-order valence-corrected chi connectivity index (χ2v) is 7.83. The van der Waals surface area contributed by atoms with Crippen molar-refractivity contribution >= 4 is 0 Å². The first-order valence-electron chi connectivity index (χ1n) is 10.3. The Hall–Kier alpha value is -4.29. The topological polar surface area (TPSA) is 61.4 Å². The van der Waals surface area contributed by atoms with E-state index in [4.69, 9.17) is 0 Å². The molecular weight excluding hydrogens is 493 g/mol. The number of benzene rings is 2. The summed E-state index contributed by atoms with van der Waals surface area (Å²) < 4.78 is 95.5. The van der Waals surface area contributed by atoms with E-state index in [0.29, 0.717) is 23.5 Å². The first-order chi connectivity index (χ1) is 17.0. The number of alkyl halides is 6. The highest BCUT2D eigenvalue weighted by molar-refractivity contribution is 5.65. The van der Waals surface area contributed by atoms with E-state index in [1.165, 1.54) is 12.3 Å². The molecule has 5 rings (SSSR count). The van der Waals surface area contributed by atoms with Crippen molar-refractivity contribution in [3.05, 3.63) is 89.8 Å². The summed E-state index contributed by atoms with van der Waals surface area (Å²) in [5, 5.41) is 7.55. The van der Waals surface area contributed by atoms with Crippen molar-refractivity contribution in [1.82, 2.24) is 29.5 Å². The number of aromatic nitrogens is 6. The van der Waals surface area contributed by atoms with Gasteiger partial charge in [-0.15, -0.1) is 5.10 Å². The minimum absolute atomic E-state index is 0.0445. The van der Waals surface area contributed by atoms with Gasteiger partial charge in [-0.3, -0.25) is 0 Å². The second-order valence-electron chi connectivity index (χ2n) is 7.83. The third-order valence-corrected chi connectivity index (χ3v) is 5.26. The standard InChI is InChI=1S/C23H13F7N6/c24-18-4-2-1-3-17(18)21-31-19-5-6-35(12-20(19)32-21)10-15-11-36(34-33-15)16-8-13(22(25,26)27)7-14(9-16)23(28,29)30/h1-9,11-12H,10H2. The van der Waals surface area contributed by atoms with Gasteiger partial charge in [-0.1, -0.05) is 17.3 Å². The molecule has 6 nitrogen and oxygen atoms in total. The van der Waals surface area contributed by atoms with Gasteiger partial charge in [-0.05, 0) is 36.4 Å². The van der Waals surface area contributed by atoms with Crippen LogP contribution in [0.25, 0.3) is 28.5 Å². The van der Waals surface area contributed by atoms with Crippen LogP contribution in [0.3, 0.4) is 0 Å². The molecular formula is C23H13F7N6. The Labute approximate surface area is 198 Å². The monoisotopic (exact) mass is 506 g/mol. The molecule has 184 valence electrons. The van der Waals surface area contributed by atoms with Gasteiger partial charge in [0.15, 0.2) is 5.82 Å². The predicted molar refractivity (Wildman–Crippen MR) is 113 cm³/mol. The van der Waals surface area contributed by atoms with E-state index in [1.54, 1.807) is 41.2 Å². The third kappa shape index (κ3) is 4.63. The number of fused-ring (bicyclic) bond motifs is 1. The SMILES string of the molecule is Fc1ccccc1-c1nc2ccn(Cc3cn(-c4cc(C(F)(F)F)cc(C(F)(F)F)c4)nn3)cc-2n1. The smallest absolute Gasteiger partial charge is 0.346 e. The highest BCUT2D eigenvalue weighted by atomic mass is 19.4. The highest BCUT2D eigenvalue weighted by Gasteiger charge is 2.37. The first-order valence-corrected chi connectivity index (χ1v) is 10.3. The molecule has 0 atom stereocenters. The van der Waals surface area contributed by atoms with Crippen molar-refractivity contribution in [3.8, 4) is 28.5 Å². The number of pyridine rings is 1. The summed E-state index contributed by atoms with van der Waals surface area (Å²) in [6, 6.07) is 8.86. The van der Waals surface area contributed by atoms with E-state index in [9.17, 15) is 30.7 Å². The van der Waals surface area contributed by atoms with Crippen LogP contribution in [0.4, 0.5) is 30.7 Å². The summed E-state index contributed by atoms with van der Waals surface area (Å²) in [6.45, 7) is 0.0862. The molecule has 13 heteroatoms. The average Bonchev–Trinajstić information content (AvgIpc) is 3.45. The average molecular weight is 506 g/mol. The minimum Gasteiger partial charge on any atom is -0.346 e. The van der Waals surface area contributed by atoms with Crippen LogP contribution in [0, 0.1) is 5.82 Å². The quantitative estimate of drug-likeness (QED) is 0.287. The molecule has 2 aromatic carbocycles. The molecule has 0 fully saturated rings. The van der Waals surface area contributed by atoms with E-state index in [0.717, 1.165) is 4.68 Å². The summed E-state index contributed by atoms with van der Waals surface area (Å²) >= 11 is 0. The lowest BCUT2D eigenvalue weighted by Crippen LogP contribution is -2.12. The molecule has 0 spiro atoms. The van der Waals surface area contributed by atoms with Crippen LogP contribution in [0.5, 0.6) is 0 Å². The lowest BCUT2D eigenvalue weighted by Gasteiger charge is -2.13. The van der Waals surface area contributed by atoms with Crippen molar-refractivity contribution in [2.45, 2.75) is 18.9 Å². The molecule has 0 saturated carbocycles. The normalized spacial score (nSPS) is 12.4. The largest absolute Gasteiger partial charge is 0.416 e. The van der Waals surface area contributed by atoms with Gasteiger partial charge >= 0.3 is 12.4 Å². The zero-order valence-electron chi connectivity index (χ0n) is 17.9. The zero-order chi connectivity index (χ0) is 25.7. The Bertz CT molecular complexity index is 1480. The van der Waals surface area contributed by atoms with Crippen LogP contribution in [0.1, 0.15) is 16.8 Å². The lowest BCUT2D eigenvalue weighted by atomic mass is 10.1. The fourth-order valence-electron chi connectivity index (χ4n) is 3.57. The molecule has 0 saturated heterocycles.